The Labute approximate surface area is 173 Å². The van der Waals surface area contributed by atoms with Crippen LogP contribution in [0.25, 0.3) is 33.4 Å². The molecule has 0 spiro atoms. The summed E-state index contributed by atoms with van der Waals surface area (Å²) in [6.45, 7) is 0.622. The second-order valence-corrected chi connectivity index (χ2v) is 7.01. The first-order chi connectivity index (χ1) is 14.7. The number of aromatic nitrogens is 5. The number of hydrogen-bond donors (Lipinski definition) is 2. The molecule has 3 heterocycles. The number of aromatic amines is 1. The van der Waals surface area contributed by atoms with Crippen molar-refractivity contribution >= 4 is 16.9 Å². The summed E-state index contributed by atoms with van der Waals surface area (Å²) in [5.74, 6) is 1.08. The van der Waals surface area contributed by atoms with E-state index in [0.29, 0.717) is 6.54 Å². The Morgan fingerprint density at radius 1 is 0.967 bits per heavy atom. The Morgan fingerprint density at radius 2 is 1.77 bits per heavy atom. The van der Waals surface area contributed by atoms with Crippen molar-refractivity contribution < 1.29 is 4.74 Å². The Kier molecular flexibility index (Phi) is 4.40. The maximum atomic E-state index is 5.70. The van der Waals surface area contributed by atoms with Gasteiger partial charge in [-0.25, -0.2) is 15.0 Å². The van der Waals surface area contributed by atoms with Crippen molar-refractivity contribution in [2.24, 2.45) is 0 Å². The standard InChI is InChI=1S/C23H20N6O/c1-30-19-7-8-20-16(10-19)9-18(28-20)13-29-14-27-21(15-5-3-2-4-6-15)22(29)17-11-25-23(24)26-12-17/h2-12,14,28H,13H2,1H3,(H2,24,25,26). The van der Waals surface area contributed by atoms with Gasteiger partial charge in [-0.1, -0.05) is 30.3 Å². The zero-order valence-corrected chi connectivity index (χ0v) is 16.4. The van der Waals surface area contributed by atoms with Crippen molar-refractivity contribution in [3.05, 3.63) is 79.0 Å². The average molecular weight is 396 g/mol. The van der Waals surface area contributed by atoms with Crippen molar-refractivity contribution in [2.75, 3.05) is 12.8 Å². The van der Waals surface area contributed by atoms with Gasteiger partial charge in [0.25, 0.3) is 0 Å². The van der Waals surface area contributed by atoms with E-state index in [2.05, 4.69) is 25.6 Å². The first kappa shape index (κ1) is 17.9. The molecule has 3 aromatic heterocycles. The summed E-state index contributed by atoms with van der Waals surface area (Å²) in [6, 6.07) is 18.2. The number of nitrogens with one attached hydrogen (secondary N) is 1. The summed E-state index contributed by atoms with van der Waals surface area (Å²) in [4.78, 5) is 16.5. The zero-order chi connectivity index (χ0) is 20.5. The molecule has 0 saturated heterocycles. The second-order valence-electron chi connectivity index (χ2n) is 7.01. The first-order valence-electron chi connectivity index (χ1n) is 9.55. The van der Waals surface area contributed by atoms with Gasteiger partial charge in [0.15, 0.2) is 0 Å². The van der Waals surface area contributed by atoms with E-state index in [-0.39, 0.29) is 5.95 Å². The molecule has 5 rings (SSSR count). The Morgan fingerprint density at radius 3 is 2.53 bits per heavy atom. The van der Waals surface area contributed by atoms with E-state index in [1.807, 2.05) is 54.9 Å². The van der Waals surface area contributed by atoms with Gasteiger partial charge in [0.2, 0.25) is 5.95 Å². The van der Waals surface area contributed by atoms with Crippen LogP contribution in [-0.2, 0) is 6.54 Å². The molecular weight excluding hydrogens is 376 g/mol. The number of ether oxygens (including phenoxy) is 1. The Bertz CT molecular complexity index is 1310. The van der Waals surface area contributed by atoms with Gasteiger partial charge in [0.05, 0.1) is 31.4 Å². The van der Waals surface area contributed by atoms with Gasteiger partial charge in [-0.2, -0.15) is 0 Å². The lowest BCUT2D eigenvalue weighted by Gasteiger charge is -2.10. The third kappa shape index (κ3) is 3.26. The average Bonchev–Trinajstić information content (AvgIpc) is 3.38. The molecule has 0 aliphatic carbocycles. The number of fused-ring (bicyclic) bond motifs is 1. The quantitative estimate of drug-likeness (QED) is 0.466. The highest BCUT2D eigenvalue weighted by molar-refractivity contribution is 5.82. The number of rotatable bonds is 5. The predicted molar refractivity (Wildman–Crippen MR) is 117 cm³/mol. The van der Waals surface area contributed by atoms with Gasteiger partial charge < -0.3 is 20.0 Å². The molecule has 30 heavy (non-hydrogen) atoms. The molecule has 148 valence electrons. The van der Waals surface area contributed by atoms with E-state index in [9.17, 15) is 0 Å². The van der Waals surface area contributed by atoms with Crippen LogP contribution in [0.2, 0.25) is 0 Å². The van der Waals surface area contributed by atoms with Crippen molar-refractivity contribution in [3.63, 3.8) is 0 Å². The fourth-order valence-electron chi connectivity index (χ4n) is 3.64. The van der Waals surface area contributed by atoms with Gasteiger partial charge in [-0.3, -0.25) is 0 Å². The number of anilines is 1. The largest absolute Gasteiger partial charge is 0.497 e. The van der Waals surface area contributed by atoms with Crippen LogP contribution in [0.1, 0.15) is 5.69 Å². The highest BCUT2D eigenvalue weighted by Crippen LogP contribution is 2.31. The number of H-pyrrole nitrogens is 1. The number of nitrogens with two attached hydrogens (primary N) is 1. The smallest absolute Gasteiger partial charge is 0.219 e. The van der Waals surface area contributed by atoms with Crippen LogP contribution in [0.4, 0.5) is 5.95 Å². The van der Waals surface area contributed by atoms with Crippen LogP contribution in [0.3, 0.4) is 0 Å². The third-order valence-corrected chi connectivity index (χ3v) is 5.05. The van der Waals surface area contributed by atoms with E-state index < -0.39 is 0 Å². The summed E-state index contributed by atoms with van der Waals surface area (Å²) >= 11 is 0. The van der Waals surface area contributed by atoms with Gasteiger partial charge in [0, 0.05) is 40.1 Å². The highest BCUT2D eigenvalue weighted by atomic mass is 16.5. The van der Waals surface area contributed by atoms with Gasteiger partial charge >= 0.3 is 0 Å². The number of methoxy groups -OCH3 is 1. The van der Waals surface area contributed by atoms with E-state index >= 15 is 0 Å². The first-order valence-corrected chi connectivity index (χ1v) is 9.55. The Balaban J connectivity index is 1.60. The monoisotopic (exact) mass is 396 g/mol. The molecule has 5 aromatic rings. The number of nitrogens with zero attached hydrogens (tertiary/aromatic N) is 4. The topological polar surface area (TPSA) is 94.6 Å². The molecule has 0 saturated carbocycles. The van der Waals surface area contributed by atoms with E-state index in [0.717, 1.165) is 44.9 Å². The van der Waals surface area contributed by atoms with Crippen LogP contribution in [0, 0.1) is 0 Å². The minimum Gasteiger partial charge on any atom is -0.497 e. The number of hydrogen-bond acceptors (Lipinski definition) is 5. The maximum absolute atomic E-state index is 5.70. The van der Waals surface area contributed by atoms with Crippen LogP contribution in [-0.4, -0.2) is 31.6 Å². The van der Waals surface area contributed by atoms with E-state index in [4.69, 9.17) is 15.5 Å². The summed E-state index contributed by atoms with van der Waals surface area (Å²) < 4.78 is 7.43. The molecule has 0 amide bonds. The maximum Gasteiger partial charge on any atom is 0.219 e. The van der Waals surface area contributed by atoms with E-state index in [1.165, 1.54) is 0 Å². The summed E-state index contributed by atoms with van der Waals surface area (Å²) in [5, 5.41) is 1.10. The highest BCUT2D eigenvalue weighted by Gasteiger charge is 2.16. The van der Waals surface area contributed by atoms with Gasteiger partial charge in [-0.05, 0) is 24.3 Å². The van der Waals surface area contributed by atoms with Crippen molar-refractivity contribution in [3.8, 4) is 28.3 Å². The fraction of sp³-hybridized carbons (Fsp3) is 0.0870. The van der Waals surface area contributed by atoms with Crippen LogP contribution in [0.15, 0.2) is 73.3 Å². The van der Waals surface area contributed by atoms with Crippen molar-refractivity contribution in [1.82, 2.24) is 24.5 Å². The van der Waals surface area contributed by atoms with Crippen LogP contribution in [0.5, 0.6) is 5.75 Å². The lowest BCUT2D eigenvalue weighted by atomic mass is 10.1. The lowest BCUT2D eigenvalue weighted by molar-refractivity contribution is 0.415. The zero-order valence-electron chi connectivity index (χ0n) is 16.4. The normalized spacial score (nSPS) is 11.1. The molecule has 0 fully saturated rings. The number of imidazole rings is 1. The summed E-state index contributed by atoms with van der Waals surface area (Å²) in [6.07, 6.45) is 5.32. The van der Waals surface area contributed by atoms with Crippen molar-refractivity contribution in [1.29, 1.82) is 0 Å². The fourth-order valence-corrected chi connectivity index (χ4v) is 3.64. The SMILES string of the molecule is COc1ccc2[nH]c(Cn3cnc(-c4ccccc4)c3-c3cnc(N)nc3)cc2c1. The molecule has 7 nitrogen and oxygen atoms in total. The second kappa shape index (κ2) is 7.36. The molecule has 0 aliphatic rings. The Hall–Kier alpha value is -4.13. The third-order valence-electron chi connectivity index (χ3n) is 5.05. The molecule has 7 heteroatoms. The molecule has 2 aromatic carbocycles. The van der Waals surface area contributed by atoms with E-state index in [1.54, 1.807) is 19.5 Å². The number of benzene rings is 2. The summed E-state index contributed by atoms with van der Waals surface area (Å²) in [5.41, 5.74) is 11.5. The van der Waals surface area contributed by atoms with Crippen LogP contribution < -0.4 is 10.5 Å². The lowest BCUT2D eigenvalue weighted by Crippen LogP contribution is -2.02. The molecule has 0 radical (unpaired) electrons. The van der Waals surface area contributed by atoms with Crippen LogP contribution >= 0.6 is 0 Å². The minimum absolute atomic E-state index is 0.246. The molecular formula is C23H20N6O. The summed E-state index contributed by atoms with van der Waals surface area (Å²) in [7, 11) is 1.67. The van der Waals surface area contributed by atoms with Crippen molar-refractivity contribution in [2.45, 2.75) is 6.54 Å². The molecule has 3 N–H and O–H groups in total. The molecule has 0 bridgehead atoms. The van der Waals surface area contributed by atoms with Gasteiger partial charge in [0.1, 0.15) is 5.75 Å². The molecule has 0 atom stereocenters. The number of nitrogen functional groups attached to an aromatic ring is 1. The van der Waals surface area contributed by atoms with Gasteiger partial charge in [-0.15, -0.1) is 0 Å². The molecule has 0 aliphatic heterocycles. The minimum atomic E-state index is 0.246. The predicted octanol–water partition coefficient (Wildman–Crippen LogP) is 4.13. The molecule has 0 unspecified atom stereocenters.